The van der Waals surface area contributed by atoms with Crippen molar-refractivity contribution in [2.24, 2.45) is 5.73 Å². The Kier molecular flexibility index (Phi) is 3.36. The molecule has 4 heteroatoms. The summed E-state index contributed by atoms with van der Waals surface area (Å²) in [6.07, 6.45) is 0. The molecule has 1 aliphatic rings. The van der Waals surface area contributed by atoms with Crippen LogP contribution in [0.4, 0.5) is 5.69 Å². The van der Waals surface area contributed by atoms with Crippen LogP contribution in [0.2, 0.25) is 0 Å². The lowest BCUT2D eigenvalue weighted by Crippen LogP contribution is -2.31. The number of rotatable bonds is 2. The Balaban J connectivity index is 1.97. The fraction of sp³-hybridized carbons (Fsp3) is 0.188. The molecule has 1 aliphatic heterocycles. The molecule has 20 heavy (non-hydrogen) atoms. The van der Waals surface area contributed by atoms with E-state index < -0.39 is 6.04 Å². The molecule has 102 valence electrons. The fourth-order valence-electron chi connectivity index (χ4n) is 2.60. The number of hydrogen-bond donors (Lipinski definition) is 1. The molecule has 1 heterocycles. The predicted molar refractivity (Wildman–Crippen MR) is 83.4 cm³/mol. The second-order valence-electron chi connectivity index (χ2n) is 5.09. The number of benzene rings is 2. The number of carbonyl (C=O) groups is 1. The van der Waals surface area contributed by atoms with Gasteiger partial charge in [-0.2, -0.15) is 0 Å². The Morgan fingerprint density at radius 1 is 1.25 bits per heavy atom. The highest BCUT2D eigenvalue weighted by atomic mass is 79.9. The Morgan fingerprint density at radius 3 is 2.80 bits per heavy atom. The molecule has 1 unspecified atom stereocenters. The van der Waals surface area contributed by atoms with E-state index >= 15 is 0 Å². The summed E-state index contributed by atoms with van der Waals surface area (Å²) in [5, 5.41) is 0. The summed E-state index contributed by atoms with van der Waals surface area (Å²) in [5.74, 6) is -0.0420. The van der Waals surface area contributed by atoms with Crippen LogP contribution in [0.5, 0.6) is 0 Å². The Morgan fingerprint density at radius 2 is 2.05 bits per heavy atom. The molecule has 0 radical (unpaired) electrons. The van der Waals surface area contributed by atoms with Gasteiger partial charge in [-0.05, 0) is 30.7 Å². The van der Waals surface area contributed by atoms with Gasteiger partial charge < -0.3 is 10.6 Å². The van der Waals surface area contributed by atoms with E-state index in [4.69, 9.17) is 5.73 Å². The van der Waals surface area contributed by atoms with Gasteiger partial charge in [0.1, 0.15) is 6.04 Å². The number of carbonyl (C=O) groups excluding carboxylic acids is 1. The zero-order valence-electron chi connectivity index (χ0n) is 11.1. The van der Waals surface area contributed by atoms with Gasteiger partial charge in [-0.15, -0.1) is 0 Å². The molecule has 0 fully saturated rings. The minimum atomic E-state index is -0.563. The zero-order chi connectivity index (χ0) is 14.3. The lowest BCUT2D eigenvalue weighted by Gasteiger charge is -2.18. The normalized spacial score (nSPS) is 17.4. The molecule has 3 nitrogen and oxygen atoms in total. The molecule has 0 saturated heterocycles. The third-order valence-electron chi connectivity index (χ3n) is 3.57. The van der Waals surface area contributed by atoms with Crippen molar-refractivity contribution < 1.29 is 4.79 Å². The number of fused-ring (bicyclic) bond motifs is 1. The maximum Gasteiger partial charge on any atom is 0.248 e. The topological polar surface area (TPSA) is 46.3 Å². The largest absolute Gasteiger partial charge is 0.316 e. The second-order valence-corrected chi connectivity index (χ2v) is 6.01. The van der Waals surface area contributed by atoms with E-state index in [0.717, 1.165) is 21.3 Å². The van der Waals surface area contributed by atoms with Crippen LogP contribution in [0, 0.1) is 6.92 Å². The van der Waals surface area contributed by atoms with Crippen molar-refractivity contribution >= 4 is 27.5 Å². The number of hydrogen-bond acceptors (Lipinski definition) is 2. The van der Waals surface area contributed by atoms with Crippen molar-refractivity contribution in [1.82, 2.24) is 0 Å². The summed E-state index contributed by atoms with van der Waals surface area (Å²) in [4.78, 5) is 14.1. The Hall–Kier alpha value is -1.65. The molecular weight excluding hydrogens is 316 g/mol. The predicted octanol–water partition coefficient (Wildman–Crippen LogP) is 3.30. The average molecular weight is 331 g/mol. The molecule has 0 aromatic heterocycles. The van der Waals surface area contributed by atoms with Gasteiger partial charge in [0.25, 0.3) is 0 Å². The molecule has 3 rings (SSSR count). The molecule has 2 aromatic carbocycles. The van der Waals surface area contributed by atoms with Crippen LogP contribution in [0.3, 0.4) is 0 Å². The van der Waals surface area contributed by atoms with Gasteiger partial charge in [-0.25, -0.2) is 0 Å². The SMILES string of the molecule is Cc1cccc(CN2C(=O)C(N)c3cc(Br)ccc32)c1. The lowest BCUT2D eigenvalue weighted by atomic mass is 10.1. The highest BCUT2D eigenvalue weighted by Gasteiger charge is 2.34. The number of nitrogens with zero attached hydrogens (tertiary/aromatic N) is 1. The summed E-state index contributed by atoms with van der Waals surface area (Å²) >= 11 is 3.42. The van der Waals surface area contributed by atoms with Gasteiger partial charge in [0.15, 0.2) is 0 Å². The smallest absolute Gasteiger partial charge is 0.248 e. The third kappa shape index (κ3) is 2.25. The van der Waals surface area contributed by atoms with Crippen LogP contribution in [0.1, 0.15) is 22.7 Å². The van der Waals surface area contributed by atoms with Crippen LogP contribution in [-0.4, -0.2) is 5.91 Å². The number of halogens is 1. The van der Waals surface area contributed by atoms with Gasteiger partial charge in [-0.3, -0.25) is 4.79 Å². The van der Waals surface area contributed by atoms with E-state index in [1.165, 1.54) is 5.56 Å². The third-order valence-corrected chi connectivity index (χ3v) is 4.06. The molecule has 2 aromatic rings. The van der Waals surface area contributed by atoms with Gasteiger partial charge in [0.2, 0.25) is 5.91 Å². The van der Waals surface area contributed by atoms with Crippen molar-refractivity contribution in [1.29, 1.82) is 0 Å². The van der Waals surface area contributed by atoms with Gasteiger partial charge >= 0.3 is 0 Å². The van der Waals surface area contributed by atoms with Crippen molar-refractivity contribution in [3.63, 3.8) is 0 Å². The quantitative estimate of drug-likeness (QED) is 0.918. The summed E-state index contributed by atoms with van der Waals surface area (Å²) in [6, 6.07) is 13.4. The van der Waals surface area contributed by atoms with E-state index in [1.807, 2.05) is 43.3 Å². The van der Waals surface area contributed by atoms with Crippen molar-refractivity contribution in [2.75, 3.05) is 4.90 Å². The number of nitrogens with two attached hydrogens (primary N) is 1. The molecule has 1 amide bonds. The molecule has 0 saturated carbocycles. The second kappa shape index (κ2) is 5.04. The standard InChI is InChI=1S/C16H15BrN2O/c1-10-3-2-4-11(7-10)9-19-14-6-5-12(17)8-13(14)15(18)16(19)20/h2-8,15H,9,18H2,1H3. The highest BCUT2D eigenvalue weighted by Crippen LogP contribution is 2.37. The highest BCUT2D eigenvalue weighted by molar-refractivity contribution is 9.10. The van der Waals surface area contributed by atoms with Crippen molar-refractivity contribution in [3.05, 3.63) is 63.6 Å². The lowest BCUT2D eigenvalue weighted by molar-refractivity contribution is -0.119. The fourth-order valence-corrected chi connectivity index (χ4v) is 2.97. The summed E-state index contributed by atoms with van der Waals surface area (Å²) < 4.78 is 0.942. The Labute approximate surface area is 126 Å². The average Bonchev–Trinajstić information content (AvgIpc) is 2.64. The van der Waals surface area contributed by atoms with Crippen LogP contribution in [-0.2, 0) is 11.3 Å². The molecule has 2 N–H and O–H groups in total. The van der Waals surface area contributed by atoms with Crippen molar-refractivity contribution in [2.45, 2.75) is 19.5 Å². The number of anilines is 1. The molecule has 1 atom stereocenters. The molecule has 0 spiro atoms. The minimum Gasteiger partial charge on any atom is -0.316 e. The van der Waals surface area contributed by atoms with E-state index in [1.54, 1.807) is 4.90 Å². The maximum absolute atomic E-state index is 12.3. The van der Waals surface area contributed by atoms with Gasteiger partial charge in [-0.1, -0.05) is 45.8 Å². The van der Waals surface area contributed by atoms with E-state index in [0.29, 0.717) is 6.54 Å². The van der Waals surface area contributed by atoms with Gasteiger partial charge in [0, 0.05) is 15.7 Å². The zero-order valence-corrected chi connectivity index (χ0v) is 12.7. The molecular formula is C16H15BrN2O. The minimum absolute atomic E-state index is 0.0420. The first-order chi connectivity index (χ1) is 9.56. The monoisotopic (exact) mass is 330 g/mol. The van der Waals surface area contributed by atoms with Crippen LogP contribution < -0.4 is 10.6 Å². The van der Waals surface area contributed by atoms with Crippen LogP contribution in [0.25, 0.3) is 0 Å². The van der Waals surface area contributed by atoms with Gasteiger partial charge in [0.05, 0.1) is 6.54 Å². The first-order valence-electron chi connectivity index (χ1n) is 6.48. The summed E-state index contributed by atoms with van der Waals surface area (Å²) in [5.41, 5.74) is 10.1. The molecule has 0 aliphatic carbocycles. The first-order valence-corrected chi connectivity index (χ1v) is 7.27. The number of amides is 1. The van der Waals surface area contributed by atoms with Crippen LogP contribution >= 0.6 is 15.9 Å². The van der Waals surface area contributed by atoms with E-state index in [2.05, 4.69) is 22.0 Å². The number of aryl methyl sites for hydroxylation is 1. The van der Waals surface area contributed by atoms with Crippen molar-refractivity contribution in [3.8, 4) is 0 Å². The van der Waals surface area contributed by atoms with E-state index in [9.17, 15) is 4.79 Å². The Bertz CT molecular complexity index is 684. The van der Waals surface area contributed by atoms with E-state index in [-0.39, 0.29) is 5.91 Å². The molecule has 0 bridgehead atoms. The summed E-state index contributed by atoms with van der Waals surface area (Å²) in [6.45, 7) is 2.61. The van der Waals surface area contributed by atoms with Crippen LogP contribution in [0.15, 0.2) is 46.9 Å². The first kappa shape index (κ1) is 13.3. The summed E-state index contributed by atoms with van der Waals surface area (Å²) in [7, 11) is 0. The maximum atomic E-state index is 12.3.